The molecule has 2 rings (SSSR count). The minimum absolute atomic E-state index is 0.00338. The van der Waals surface area contributed by atoms with Crippen molar-refractivity contribution in [3.8, 4) is 5.75 Å². The largest absolute Gasteiger partial charge is 0.496 e. The van der Waals surface area contributed by atoms with Crippen LogP contribution in [0.5, 0.6) is 5.75 Å². The lowest BCUT2D eigenvalue weighted by Gasteiger charge is -2.16. The van der Waals surface area contributed by atoms with Crippen LogP contribution in [0.4, 0.5) is 0 Å². The summed E-state index contributed by atoms with van der Waals surface area (Å²) in [6, 6.07) is 7.99. The van der Waals surface area contributed by atoms with Gasteiger partial charge >= 0.3 is 0 Å². The van der Waals surface area contributed by atoms with Crippen molar-refractivity contribution in [1.82, 2.24) is 0 Å². The first-order valence-corrected chi connectivity index (χ1v) is 5.40. The van der Waals surface area contributed by atoms with Gasteiger partial charge < -0.3 is 10.5 Å². The molecule has 1 atom stereocenters. The van der Waals surface area contributed by atoms with Crippen molar-refractivity contribution < 1.29 is 4.74 Å². The SMILES string of the molecule is COc1ccccc1C(N)C1=CCCC1. The number of benzene rings is 1. The molecule has 80 valence electrons. The monoisotopic (exact) mass is 203 g/mol. The van der Waals surface area contributed by atoms with Crippen LogP contribution in [0, 0.1) is 0 Å². The second kappa shape index (κ2) is 4.49. The molecule has 1 aliphatic carbocycles. The summed E-state index contributed by atoms with van der Waals surface area (Å²) in [4.78, 5) is 0. The highest BCUT2D eigenvalue weighted by Gasteiger charge is 2.17. The lowest BCUT2D eigenvalue weighted by atomic mass is 9.98. The van der Waals surface area contributed by atoms with E-state index in [1.165, 1.54) is 12.0 Å². The van der Waals surface area contributed by atoms with E-state index in [1.54, 1.807) is 7.11 Å². The molecule has 0 spiro atoms. The highest BCUT2D eigenvalue weighted by atomic mass is 16.5. The van der Waals surface area contributed by atoms with E-state index in [-0.39, 0.29) is 6.04 Å². The predicted molar refractivity (Wildman–Crippen MR) is 61.9 cm³/mol. The Morgan fingerprint density at radius 2 is 2.13 bits per heavy atom. The summed E-state index contributed by atoms with van der Waals surface area (Å²) >= 11 is 0. The third kappa shape index (κ3) is 2.05. The van der Waals surface area contributed by atoms with Gasteiger partial charge in [-0.25, -0.2) is 0 Å². The van der Waals surface area contributed by atoms with E-state index in [1.807, 2.05) is 24.3 Å². The molecule has 15 heavy (non-hydrogen) atoms. The third-order valence-corrected chi connectivity index (χ3v) is 2.95. The summed E-state index contributed by atoms with van der Waals surface area (Å²) < 4.78 is 5.32. The molecule has 2 nitrogen and oxygen atoms in total. The Morgan fingerprint density at radius 3 is 2.80 bits per heavy atom. The van der Waals surface area contributed by atoms with Crippen LogP contribution < -0.4 is 10.5 Å². The third-order valence-electron chi connectivity index (χ3n) is 2.95. The number of hydrogen-bond donors (Lipinski definition) is 1. The molecule has 0 bridgehead atoms. The zero-order valence-electron chi connectivity index (χ0n) is 9.07. The van der Waals surface area contributed by atoms with Gasteiger partial charge in [-0.2, -0.15) is 0 Å². The van der Waals surface area contributed by atoms with Gasteiger partial charge in [-0.1, -0.05) is 29.8 Å². The van der Waals surface area contributed by atoms with Crippen molar-refractivity contribution in [3.63, 3.8) is 0 Å². The molecular formula is C13H17NO. The Morgan fingerprint density at radius 1 is 1.33 bits per heavy atom. The average molecular weight is 203 g/mol. The van der Waals surface area contributed by atoms with Crippen molar-refractivity contribution in [2.24, 2.45) is 5.73 Å². The molecule has 0 aromatic heterocycles. The Labute approximate surface area is 90.7 Å². The molecule has 0 aliphatic heterocycles. The van der Waals surface area contributed by atoms with E-state index in [9.17, 15) is 0 Å². The van der Waals surface area contributed by atoms with E-state index in [0.717, 1.165) is 24.2 Å². The summed E-state index contributed by atoms with van der Waals surface area (Å²) in [6.07, 6.45) is 5.78. The van der Waals surface area contributed by atoms with Crippen molar-refractivity contribution in [3.05, 3.63) is 41.5 Å². The first-order valence-electron chi connectivity index (χ1n) is 5.40. The Bertz CT molecular complexity index is 371. The molecule has 2 heteroatoms. The molecule has 1 aromatic carbocycles. The van der Waals surface area contributed by atoms with E-state index in [4.69, 9.17) is 10.5 Å². The Balaban J connectivity index is 2.27. The van der Waals surface area contributed by atoms with Crippen LogP contribution in [0.15, 0.2) is 35.9 Å². The summed E-state index contributed by atoms with van der Waals surface area (Å²) in [6.45, 7) is 0. The van der Waals surface area contributed by atoms with Crippen molar-refractivity contribution in [2.45, 2.75) is 25.3 Å². The normalized spacial score (nSPS) is 17.3. The summed E-state index contributed by atoms with van der Waals surface area (Å²) in [5, 5.41) is 0. The van der Waals surface area contributed by atoms with Crippen molar-refractivity contribution in [1.29, 1.82) is 0 Å². The van der Waals surface area contributed by atoms with Crippen LogP contribution in [0.3, 0.4) is 0 Å². The second-order valence-electron chi connectivity index (χ2n) is 3.89. The smallest absolute Gasteiger partial charge is 0.123 e. The predicted octanol–water partition coefficient (Wildman–Crippen LogP) is 2.81. The van der Waals surface area contributed by atoms with Crippen LogP contribution >= 0.6 is 0 Å². The Kier molecular flexibility index (Phi) is 3.07. The van der Waals surface area contributed by atoms with Crippen LogP contribution in [0.2, 0.25) is 0 Å². The summed E-state index contributed by atoms with van der Waals surface area (Å²) in [5.41, 5.74) is 8.67. The molecule has 0 saturated heterocycles. The van der Waals surface area contributed by atoms with Gasteiger partial charge in [0.2, 0.25) is 0 Å². The quantitative estimate of drug-likeness (QED) is 0.767. The molecule has 1 aliphatic rings. The fourth-order valence-electron chi connectivity index (χ4n) is 2.10. The molecule has 0 fully saturated rings. The van der Waals surface area contributed by atoms with Crippen LogP contribution in [-0.2, 0) is 0 Å². The number of para-hydroxylation sites is 1. The van der Waals surface area contributed by atoms with Gasteiger partial charge in [-0.3, -0.25) is 0 Å². The highest BCUT2D eigenvalue weighted by Crippen LogP contribution is 2.33. The van der Waals surface area contributed by atoms with E-state index in [0.29, 0.717) is 0 Å². The molecule has 0 heterocycles. The maximum atomic E-state index is 6.23. The van der Waals surface area contributed by atoms with Crippen molar-refractivity contribution in [2.75, 3.05) is 7.11 Å². The highest BCUT2D eigenvalue weighted by molar-refractivity contribution is 5.40. The molecule has 1 aromatic rings. The fourth-order valence-corrected chi connectivity index (χ4v) is 2.10. The number of allylic oxidation sites excluding steroid dienone is 1. The van der Waals surface area contributed by atoms with Crippen LogP contribution in [0.25, 0.3) is 0 Å². The lowest BCUT2D eigenvalue weighted by molar-refractivity contribution is 0.407. The molecule has 2 N–H and O–H groups in total. The van der Waals surface area contributed by atoms with Gasteiger partial charge in [0.1, 0.15) is 5.75 Å². The van der Waals surface area contributed by atoms with Crippen molar-refractivity contribution >= 4 is 0 Å². The Hall–Kier alpha value is -1.28. The van der Waals surface area contributed by atoms with Gasteiger partial charge in [0.15, 0.2) is 0 Å². The average Bonchev–Trinajstić information content (AvgIpc) is 2.81. The van der Waals surface area contributed by atoms with Crippen LogP contribution in [-0.4, -0.2) is 7.11 Å². The minimum Gasteiger partial charge on any atom is -0.496 e. The van der Waals surface area contributed by atoms with Gasteiger partial charge in [0.25, 0.3) is 0 Å². The van der Waals surface area contributed by atoms with Crippen LogP contribution in [0.1, 0.15) is 30.9 Å². The topological polar surface area (TPSA) is 35.2 Å². The molecule has 1 unspecified atom stereocenters. The maximum Gasteiger partial charge on any atom is 0.123 e. The van der Waals surface area contributed by atoms with Gasteiger partial charge in [0.05, 0.1) is 13.2 Å². The van der Waals surface area contributed by atoms with E-state index in [2.05, 4.69) is 6.08 Å². The summed E-state index contributed by atoms with van der Waals surface area (Å²) in [5.74, 6) is 0.887. The molecular weight excluding hydrogens is 186 g/mol. The first-order chi connectivity index (χ1) is 7.33. The zero-order valence-corrected chi connectivity index (χ0v) is 9.07. The maximum absolute atomic E-state index is 6.23. The van der Waals surface area contributed by atoms with E-state index >= 15 is 0 Å². The zero-order chi connectivity index (χ0) is 10.7. The fraction of sp³-hybridized carbons (Fsp3) is 0.385. The van der Waals surface area contributed by atoms with Gasteiger partial charge in [-0.15, -0.1) is 0 Å². The van der Waals surface area contributed by atoms with E-state index < -0.39 is 0 Å². The minimum atomic E-state index is 0.00338. The molecule has 0 saturated carbocycles. The molecule has 0 amide bonds. The standard InChI is InChI=1S/C13H17NO/c1-15-12-9-5-4-8-11(12)13(14)10-6-2-3-7-10/h4-6,8-9,13H,2-3,7,14H2,1H3. The summed E-state index contributed by atoms with van der Waals surface area (Å²) in [7, 11) is 1.69. The number of hydrogen-bond acceptors (Lipinski definition) is 2. The number of ether oxygens (including phenoxy) is 1. The van der Waals surface area contributed by atoms with Gasteiger partial charge in [-0.05, 0) is 25.3 Å². The molecule has 0 radical (unpaired) electrons. The lowest BCUT2D eigenvalue weighted by Crippen LogP contribution is -2.13. The number of nitrogens with two attached hydrogens (primary N) is 1. The number of rotatable bonds is 3. The number of methoxy groups -OCH3 is 1. The van der Waals surface area contributed by atoms with Gasteiger partial charge in [0, 0.05) is 5.56 Å². The first kappa shape index (κ1) is 10.2. The second-order valence-corrected chi connectivity index (χ2v) is 3.89.